The SMILES string of the molecule is C[C@H](NC(=O)c1ccc(N)cc1N)c1ccccc1. The van der Waals surface area contributed by atoms with Gasteiger partial charge < -0.3 is 16.8 Å². The first-order valence-electron chi connectivity index (χ1n) is 6.08. The van der Waals surface area contributed by atoms with Crippen molar-refractivity contribution >= 4 is 17.3 Å². The maximum Gasteiger partial charge on any atom is 0.253 e. The van der Waals surface area contributed by atoms with Crippen LogP contribution in [-0.2, 0) is 0 Å². The zero-order valence-corrected chi connectivity index (χ0v) is 10.8. The Morgan fingerprint density at radius 1 is 1.11 bits per heavy atom. The molecule has 2 aromatic rings. The molecule has 0 aromatic heterocycles. The molecule has 19 heavy (non-hydrogen) atoms. The second-order valence-corrected chi connectivity index (χ2v) is 4.45. The molecule has 0 aliphatic heterocycles. The third kappa shape index (κ3) is 3.04. The summed E-state index contributed by atoms with van der Waals surface area (Å²) < 4.78 is 0. The quantitative estimate of drug-likeness (QED) is 0.736. The van der Waals surface area contributed by atoms with Crippen LogP contribution in [0.25, 0.3) is 0 Å². The van der Waals surface area contributed by atoms with E-state index < -0.39 is 0 Å². The molecule has 2 rings (SSSR count). The number of hydrogen-bond donors (Lipinski definition) is 3. The summed E-state index contributed by atoms with van der Waals surface area (Å²) in [6.45, 7) is 1.93. The maximum atomic E-state index is 12.1. The molecule has 0 heterocycles. The summed E-state index contributed by atoms with van der Waals surface area (Å²) in [4.78, 5) is 12.1. The standard InChI is InChI=1S/C15H17N3O/c1-10(11-5-3-2-4-6-11)18-15(19)13-8-7-12(16)9-14(13)17/h2-10H,16-17H2,1H3,(H,18,19)/t10-/m0/s1. The van der Waals surface area contributed by atoms with Crippen LogP contribution >= 0.6 is 0 Å². The van der Waals surface area contributed by atoms with Crippen molar-refractivity contribution in [2.75, 3.05) is 11.5 Å². The molecule has 0 aliphatic rings. The molecule has 98 valence electrons. The van der Waals surface area contributed by atoms with Crippen molar-refractivity contribution in [1.82, 2.24) is 5.32 Å². The molecular weight excluding hydrogens is 238 g/mol. The molecule has 0 radical (unpaired) electrons. The average Bonchev–Trinajstić information content (AvgIpc) is 2.39. The van der Waals surface area contributed by atoms with Crippen molar-refractivity contribution in [3.63, 3.8) is 0 Å². The Labute approximate surface area is 112 Å². The van der Waals surface area contributed by atoms with E-state index in [-0.39, 0.29) is 11.9 Å². The molecule has 0 unspecified atom stereocenters. The van der Waals surface area contributed by atoms with Crippen LogP contribution in [0.15, 0.2) is 48.5 Å². The van der Waals surface area contributed by atoms with Gasteiger partial charge in [-0.2, -0.15) is 0 Å². The number of nitrogens with two attached hydrogens (primary N) is 2. The van der Waals surface area contributed by atoms with Crippen molar-refractivity contribution < 1.29 is 4.79 Å². The van der Waals surface area contributed by atoms with Crippen molar-refractivity contribution in [1.29, 1.82) is 0 Å². The Bertz CT molecular complexity index is 581. The molecule has 4 heteroatoms. The molecule has 1 amide bonds. The van der Waals surface area contributed by atoms with Gasteiger partial charge >= 0.3 is 0 Å². The van der Waals surface area contributed by atoms with Crippen molar-refractivity contribution in [2.45, 2.75) is 13.0 Å². The normalized spacial score (nSPS) is 11.8. The predicted octanol–water partition coefficient (Wildman–Crippen LogP) is 2.34. The van der Waals surface area contributed by atoms with Crippen LogP contribution in [0.2, 0.25) is 0 Å². The number of rotatable bonds is 3. The van der Waals surface area contributed by atoms with Crippen molar-refractivity contribution in [3.8, 4) is 0 Å². The highest BCUT2D eigenvalue weighted by Crippen LogP contribution is 2.17. The lowest BCUT2D eigenvalue weighted by Gasteiger charge is -2.15. The summed E-state index contributed by atoms with van der Waals surface area (Å²) >= 11 is 0. The van der Waals surface area contributed by atoms with Gasteiger partial charge in [-0.15, -0.1) is 0 Å². The van der Waals surface area contributed by atoms with Gasteiger partial charge in [0, 0.05) is 11.4 Å². The first-order valence-corrected chi connectivity index (χ1v) is 6.08. The molecule has 2 aromatic carbocycles. The minimum atomic E-state index is -0.200. The summed E-state index contributed by atoms with van der Waals surface area (Å²) in [5, 5.41) is 2.91. The summed E-state index contributed by atoms with van der Waals surface area (Å²) in [7, 11) is 0. The second-order valence-electron chi connectivity index (χ2n) is 4.45. The molecule has 0 saturated carbocycles. The number of anilines is 2. The van der Waals surface area contributed by atoms with E-state index in [1.165, 1.54) is 0 Å². The van der Waals surface area contributed by atoms with Crippen LogP contribution in [0, 0.1) is 0 Å². The highest BCUT2D eigenvalue weighted by molar-refractivity contribution is 5.99. The van der Waals surface area contributed by atoms with Crippen LogP contribution in [0.4, 0.5) is 11.4 Å². The molecule has 0 spiro atoms. The molecular formula is C15H17N3O. The molecule has 5 N–H and O–H groups in total. The zero-order valence-electron chi connectivity index (χ0n) is 10.8. The number of carbonyl (C=O) groups is 1. The first-order chi connectivity index (χ1) is 9.08. The molecule has 0 fully saturated rings. The largest absolute Gasteiger partial charge is 0.399 e. The van der Waals surface area contributed by atoms with E-state index in [1.54, 1.807) is 18.2 Å². The predicted molar refractivity (Wildman–Crippen MR) is 77.6 cm³/mol. The van der Waals surface area contributed by atoms with E-state index in [0.717, 1.165) is 5.56 Å². The lowest BCUT2D eigenvalue weighted by Crippen LogP contribution is -2.27. The summed E-state index contributed by atoms with van der Waals surface area (Å²) in [6, 6.07) is 14.6. The van der Waals surface area contributed by atoms with Gasteiger partial charge in [0.05, 0.1) is 11.6 Å². The van der Waals surface area contributed by atoms with Gasteiger partial charge in [-0.25, -0.2) is 0 Å². The maximum absolute atomic E-state index is 12.1. The van der Waals surface area contributed by atoms with Gasteiger partial charge in [-0.3, -0.25) is 4.79 Å². The van der Waals surface area contributed by atoms with Gasteiger partial charge in [-0.05, 0) is 30.7 Å². The summed E-state index contributed by atoms with van der Waals surface area (Å²) in [5.41, 5.74) is 13.8. The van der Waals surface area contributed by atoms with Crippen LogP contribution in [-0.4, -0.2) is 5.91 Å². The molecule has 0 saturated heterocycles. The number of amides is 1. The van der Waals surface area contributed by atoms with E-state index in [2.05, 4.69) is 5.32 Å². The number of hydrogen-bond acceptors (Lipinski definition) is 3. The lowest BCUT2D eigenvalue weighted by molar-refractivity contribution is 0.0941. The Balaban J connectivity index is 2.13. The lowest BCUT2D eigenvalue weighted by atomic mass is 10.1. The molecule has 0 bridgehead atoms. The first kappa shape index (κ1) is 13.0. The van der Waals surface area contributed by atoms with E-state index in [1.807, 2.05) is 37.3 Å². The van der Waals surface area contributed by atoms with Crippen LogP contribution in [0.3, 0.4) is 0 Å². The van der Waals surface area contributed by atoms with Crippen molar-refractivity contribution in [3.05, 3.63) is 59.7 Å². The van der Waals surface area contributed by atoms with Gasteiger partial charge in [0.2, 0.25) is 0 Å². The fraction of sp³-hybridized carbons (Fsp3) is 0.133. The van der Waals surface area contributed by atoms with E-state index in [0.29, 0.717) is 16.9 Å². The van der Waals surface area contributed by atoms with Gasteiger partial charge in [-0.1, -0.05) is 30.3 Å². The second kappa shape index (κ2) is 5.44. The Kier molecular flexibility index (Phi) is 3.71. The number of benzene rings is 2. The monoisotopic (exact) mass is 255 g/mol. The van der Waals surface area contributed by atoms with Crippen LogP contribution < -0.4 is 16.8 Å². The number of nitrogen functional groups attached to an aromatic ring is 2. The number of nitrogens with one attached hydrogen (secondary N) is 1. The van der Waals surface area contributed by atoms with Crippen molar-refractivity contribution in [2.24, 2.45) is 0 Å². The van der Waals surface area contributed by atoms with Gasteiger partial charge in [0.15, 0.2) is 0 Å². The molecule has 4 nitrogen and oxygen atoms in total. The smallest absolute Gasteiger partial charge is 0.253 e. The van der Waals surface area contributed by atoms with Gasteiger partial charge in [0.1, 0.15) is 0 Å². The summed E-state index contributed by atoms with van der Waals surface area (Å²) in [5.74, 6) is -0.200. The third-order valence-corrected chi connectivity index (χ3v) is 2.97. The minimum Gasteiger partial charge on any atom is -0.399 e. The van der Waals surface area contributed by atoms with Crippen LogP contribution in [0.1, 0.15) is 28.9 Å². The minimum absolute atomic E-state index is 0.0781. The van der Waals surface area contributed by atoms with E-state index >= 15 is 0 Å². The Morgan fingerprint density at radius 2 is 1.79 bits per heavy atom. The Hall–Kier alpha value is -2.49. The number of carbonyl (C=O) groups excluding carboxylic acids is 1. The average molecular weight is 255 g/mol. The van der Waals surface area contributed by atoms with Crippen LogP contribution in [0.5, 0.6) is 0 Å². The highest BCUT2D eigenvalue weighted by Gasteiger charge is 2.13. The fourth-order valence-electron chi connectivity index (χ4n) is 1.89. The topological polar surface area (TPSA) is 81.1 Å². The Morgan fingerprint density at radius 3 is 2.42 bits per heavy atom. The van der Waals surface area contributed by atoms with E-state index in [9.17, 15) is 4.79 Å². The fourth-order valence-corrected chi connectivity index (χ4v) is 1.89. The highest BCUT2D eigenvalue weighted by atomic mass is 16.1. The van der Waals surface area contributed by atoms with Gasteiger partial charge in [0.25, 0.3) is 5.91 Å². The van der Waals surface area contributed by atoms with E-state index in [4.69, 9.17) is 11.5 Å². The summed E-state index contributed by atoms with van der Waals surface area (Å²) in [6.07, 6.45) is 0. The zero-order chi connectivity index (χ0) is 13.8. The molecule has 0 aliphatic carbocycles. The third-order valence-electron chi connectivity index (χ3n) is 2.97. The molecule has 1 atom stereocenters.